The third kappa shape index (κ3) is 4.41. The van der Waals surface area contributed by atoms with E-state index in [0.717, 1.165) is 6.42 Å². The van der Waals surface area contributed by atoms with Gasteiger partial charge in [-0.3, -0.25) is 4.79 Å². The summed E-state index contributed by atoms with van der Waals surface area (Å²) in [5.41, 5.74) is 1.17. The van der Waals surface area contributed by atoms with Gasteiger partial charge in [-0.2, -0.15) is 0 Å². The number of furan rings is 1. The minimum Gasteiger partial charge on any atom is -0.493 e. The minimum absolute atomic E-state index is 0.206. The lowest BCUT2D eigenvalue weighted by molar-refractivity contribution is 0.0921. The predicted octanol–water partition coefficient (Wildman–Crippen LogP) is 4.05. The van der Waals surface area contributed by atoms with Crippen LogP contribution < -0.4 is 14.8 Å². The highest BCUT2D eigenvalue weighted by atomic mass is 16.6. The summed E-state index contributed by atoms with van der Waals surface area (Å²) in [6.07, 6.45) is 0.762. The molecule has 3 aromatic rings. The molecule has 0 saturated carbocycles. The molecule has 1 aromatic heterocycles. The van der Waals surface area contributed by atoms with E-state index in [0.29, 0.717) is 18.0 Å². The Hall–Kier alpha value is -3.21. The van der Waals surface area contributed by atoms with Crippen LogP contribution in [-0.2, 0) is 6.42 Å². The van der Waals surface area contributed by atoms with E-state index in [-0.39, 0.29) is 17.6 Å². The van der Waals surface area contributed by atoms with Crippen LogP contribution >= 0.6 is 0 Å². The molecular formula is C20H19NO4. The van der Waals surface area contributed by atoms with Crippen LogP contribution in [-0.4, -0.2) is 19.6 Å². The second kappa shape index (κ2) is 8.06. The summed E-state index contributed by atoms with van der Waals surface area (Å²) in [6.45, 7) is 0.534. The summed E-state index contributed by atoms with van der Waals surface area (Å²) < 4.78 is 16.3. The number of ether oxygens (including phenoxy) is 2. The molecule has 0 spiro atoms. The monoisotopic (exact) mass is 337 g/mol. The van der Waals surface area contributed by atoms with Crippen molar-refractivity contribution in [3.63, 3.8) is 0 Å². The number of carbonyl (C=O) groups is 1. The van der Waals surface area contributed by atoms with Crippen molar-refractivity contribution in [1.29, 1.82) is 0 Å². The van der Waals surface area contributed by atoms with Crippen molar-refractivity contribution in [3.8, 4) is 17.4 Å². The Kier molecular flexibility index (Phi) is 5.36. The molecule has 1 heterocycles. The molecule has 5 nitrogen and oxygen atoms in total. The number of hydrogen-bond donors (Lipinski definition) is 1. The molecule has 0 unspecified atom stereocenters. The summed E-state index contributed by atoms with van der Waals surface area (Å²) in [5.74, 6) is 1.28. The lowest BCUT2D eigenvalue weighted by Gasteiger charge is -2.07. The van der Waals surface area contributed by atoms with Crippen LogP contribution in [0.15, 0.2) is 71.1 Å². The summed E-state index contributed by atoms with van der Waals surface area (Å²) in [7, 11) is 1.57. The van der Waals surface area contributed by atoms with Crippen LogP contribution in [0, 0.1) is 0 Å². The molecule has 0 aliphatic carbocycles. The van der Waals surface area contributed by atoms with Gasteiger partial charge in [0.15, 0.2) is 17.3 Å². The average Bonchev–Trinajstić information content (AvgIpc) is 3.12. The molecule has 0 fully saturated rings. The number of para-hydroxylation sites is 2. The van der Waals surface area contributed by atoms with E-state index in [9.17, 15) is 4.79 Å². The van der Waals surface area contributed by atoms with Crippen molar-refractivity contribution in [1.82, 2.24) is 5.32 Å². The zero-order valence-corrected chi connectivity index (χ0v) is 13.9. The van der Waals surface area contributed by atoms with Crippen molar-refractivity contribution in [2.45, 2.75) is 6.42 Å². The first kappa shape index (κ1) is 16.6. The number of carbonyl (C=O) groups excluding carboxylic acids is 1. The number of nitrogens with one attached hydrogen (secondary N) is 1. The number of methoxy groups -OCH3 is 1. The number of rotatable bonds is 7. The maximum atomic E-state index is 12.1. The molecule has 1 amide bonds. The molecule has 0 saturated heterocycles. The van der Waals surface area contributed by atoms with Gasteiger partial charge in [-0.05, 0) is 30.2 Å². The van der Waals surface area contributed by atoms with E-state index in [1.165, 1.54) is 5.56 Å². The SMILES string of the molecule is COc1ccccc1Oc1ccc(C(=O)NCCc2ccccc2)o1. The highest BCUT2D eigenvalue weighted by molar-refractivity contribution is 5.91. The molecule has 0 radical (unpaired) electrons. The Bertz CT molecular complexity index is 826. The van der Waals surface area contributed by atoms with Crippen molar-refractivity contribution in [2.75, 3.05) is 13.7 Å². The van der Waals surface area contributed by atoms with Crippen LogP contribution in [0.25, 0.3) is 0 Å². The van der Waals surface area contributed by atoms with Crippen LogP contribution in [0.5, 0.6) is 17.4 Å². The summed E-state index contributed by atoms with van der Waals surface area (Å²) in [5, 5.41) is 2.83. The maximum Gasteiger partial charge on any atom is 0.290 e. The summed E-state index contributed by atoms with van der Waals surface area (Å²) >= 11 is 0. The van der Waals surface area contributed by atoms with Crippen molar-refractivity contribution in [3.05, 3.63) is 78.1 Å². The number of benzene rings is 2. The first-order chi connectivity index (χ1) is 12.3. The highest BCUT2D eigenvalue weighted by Crippen LogP contribution is 2.31. The van der Waals surface area contributed by atoms with Crippen LogP contribution in [0.1, 0.15) is 16.1 Å². The third-order valence-electron chi connectivity index (χ3n) is 3.63. The minimum atomic E-state index is -0.272. The smallest absolute Gasteiger partial charge is 0.290 e. The van der Waals surface area contributed by atoms with Gasteiger partial charge in [-0.1, -0.05) is 42.5 Å². The molecule has 128 valence electrons. The van der Waals surface area contributed by atoms with E-state index in [4.69, 9.17) is 13.9 Å². The fourth-order valence-corrected chi connectivity index (χ4v) is 2.36. The molecular weight excluding hydrogens is 318 g/mol. The predicted molar refractivity (Wildman–Crippen MR) is 94.3 cm³/mol. The van der Waals surface area contributed by atoms with E-state index in [1.807, 2.05) is 42.5 Å². The first-order valence-electron chi connectivity index (χ1n) is 7.99. The molecule has 0 aliphatic rings. The molecule has 5 heteroatoms. The van der Waals surface area contributed by atoms with E-state index < -0.39 is 0 Å². The molecule has 0 atom stereocenters. The topological polar surface area (TPSA) is 60.7 Å². The highest BCUT2D eigenvalue weighted by Gasteiger charge is 2.13. The quantitative estimate of drug-likeness (QED) is 0.706. The fourth-order valence-electron chi connectivity index (χ4n) is 2.36. The van der Waals surface area contributed by atoms with E-state index in [1.54, 1.807) is 31.4 Å². The Morgan fingerprint density at radius 1 is 0.960 bits per heavy atom. The van der Waals surface area contributed by atoms with Crippen molar-refractivity contribution >= 4 is 5.91 Å². The maximum absolute atomic E-state index is 12.1. The molecule has 25 heavy (non-hydrogen) atoms. The van der Waals surface area contributed by atoms with Gasteiger partial charge in [0.05, 0.1) is 7.11 Å². The Morgan fingerprint density at radius 3 is 2.44 bits per heavy atom. The van der Waals surface area contributed by atoms with Crippen LogP contribution in [0.4, 0.5) is 0 Å². The summed E-state index contributed by atoms with van der Waals surface area (Å²) in [4.78, 5) is 12.1. The number of hydrogen-bond acceptors (Lipinski definition) is 4. The fraction of sp³-hybridized carbons (Fsp3) is 0.150. The summed E-state index contributed by atoms with van der Waals surface area (Å²) in [6, 6.07) is 20.4. The molecule has 3 rings (SSSR count). The van der Waals surface area contributed by atoms with Gasteiger partial charge in [-0.15, -0.1) is 0 Å². The second-order valence-electron chi connectivity index (χ2n) is 5.36. The third-order valence-corrected chi connectivity index (χ3v) is 3.63. The van der Waals surface area contributed by atoms with Gasteiger partial charge in [0, 0.05) is 12.6 Å². The van der Waals surface area contributed by atoms with Crippen LogP contribution in [0.2, 0.25) is 0 Å². The van der Waals surface area contributed by atoms with E-state index in [2.05, 4.69) is 5.32 Å². The van der Waals surface area contributed by atoms with Gasteiger partial charge in [0.1, 0.15) is 0 Å². The lowest BCUT2D eigenvalue weighted by atomic mass is 10.1. The first-order valence-corrected chi connectivity index (χ1v) is 7.99. The number of amides is 1. The van der Waals surface area contributed by atoms with Crippen LogP contribution in [0.3, 0.4) is 0 Å². The van der Waals surface area contributed by atoms with Crippen molar-refractivity contribution < 1.29 is 18.7 Å². The van der Waals surface area contributed by atoms with Gasteiger partial charge < -0.3 is 19.2 Å². The second-order valence-corrected chi connectivity index (χ2v) is 5.36. The molecule has 0 bridgehead atoms. The zero-order chi connectivity index (χ0) is 17.5. The molecule has 2 aromatic carbocycles. The average molecular weight is 337 g/mol. The Morgan fingerprint density at radius 2 is 1.68 bits per heavy atom. The van der Waals surface area contributed by atoms with Crippen molar-refractivity contribution in [2.24, 2.45) is 0 Å². The van der Waals surface area contributed by atoms with Gasteiger partial charge in [0.2, 0.25) is 0 Å². The normalized spacial score (nSPS) is 10.3. The van der Waals surface area contributed by atoms with E-state index >= 15 is 0 Å². The van der Waals surface area contributed by atoms with Gasteiger partial charge >= 0.3 is 0 Å². The Balaban J connectivity index is 1.56. The Labute approximate surface area is 146 Å². The lowest BCUT2D eigenvalue weighted by Crippen LogP contribution is -2.25. The standard InChI is InChI=1S/C20H19NO4/c1-23-16-9-5-6-10-17(16)24-19-12-11-18(25-19)20(22)21-14-13-15-7-3-2-4-8-15/h2-12H,13-14H2,1H3,(H,21,22). The molecule has 1 N–H and O–H groups in total. The zero-order valence-electron chi connectivity index (χ0n) is 13.9. The molecule has 0 aliphatic heterocycles. The largest absolute Gasteiger partial charge is 0.493 e. The van der Waals surface area contributed by atoms with Gasteiger partial charge in [0.25, 0.3) is 11.9 Å². The van der Waals surface area contributed by atoms with Gasteiger partial charge in [-0.25, -0.2) is 0 Å².